The number of hydrogen-bond acceptors (Lipinski definition) is 3. The number of urea groups is 1. The van der Waals surface area contributed by atoms with Gasteiger partial charge in [-0.3, -0.25) is 4.79 Å². The van der Waals surface area contributed by atoms with Gasteiger partial charge in [0.2, 0.25) is 5.91 Å². The monoisotopic (exact) mass is 371 g/mol. The first kappa shape index (κ1) is 18.5. The zero-order chi connectivity index (χ0) is 18.4. The third kappa shape index (κ3) is 4.85. The van der Waals surface area contributed by atoms with Crippen molar-refractivity contribution in [1.82, 2.24) is 15.5 Å². The van der Waals surface area contributed by atoms with E-state index in [9.17, 15) is 9.59 Å². The van der Waals surface area contributed by atoms with Crippen LogP contribution in [0.15, 0.2) is 47.8 Å². The Labute approximate surface area is 158 Å². The van der Waals surface area contributed by atoms with E-state index >= 15 is 0 Å². The van der Waals surface area contributed by atoms with Crippen molar-refractivity contribution < 1.29 is 9.59 Å². The molecule has 1 fully saturated rings. The summed E-state index contributed by atoms with van der Waals surface area (Å²) in [5, 5.41) is 8.03. The molecular formula is C20H25N3O2S. The number of nitrogens with one attached hydrogen (secondary N) is 2. The Morgan fingerprint density at radius 1 is 1.23 bits per heavy atom. The summed E-state index contributed by atoms with van der Waals surface area (Å²) in [6.45, 7) is 3.70. The standard InChI is InChI=1S/C20H25N3O2S/c1-15(16-7-3-2-4-8-16)22-19(24)17-9-5-11-23(14-17)20(25)21-13-18-10-6-12-26-18/h2-4,6-8,10,12,15,17H,5,9,11,13-14H2,1H3,(H,21,25)(H,22,24). The average Bonchev–Trinajstić information content (AvgIpc) is 3.20. The van der Waals surface area contributed by atoms with Crippen LogP contribution in [-0.4, -0.2) is 29.9 Å². The minimum atomic E-state index is -0.151. The summed E-state index contributed by atoms with van der Waals surface area (Å²) in [6, 6.07) is 13.8. The topological polar surface area (TPSA) is 61.4 Å². The molecular weight excluding hydrogens is 346 g/mol. The highest BCUT2D eigenvalue weighted by molar-refractivity contribution is 7.09. The highest BCUT2D eigenvalue weighted by atomic mass is 32.1. The van der Waals surface area contributed by atoms with E-state index < -0.39 is 0 Å². The van der Waals surface area contributed by atoms with Crippen LogP contribution in [0, 0.1) is 5.92 Å². The molecule has 1 aliphatic rings. The second-order valence-corrected chi connectivity index (χ2v) is 7.70. The van der Waals surface area contributed by atoms with E-state index in [2.05, 4.69) is 10.6 Å². The smallest absolute Gasteiger partial charge is 0.317 e. The van der Waals surface area contributed by atoms with Gasteiger partial charge in [-0.15, -0.1) is 11.3 Å². The third-order valence-electron chi connectivity index (χ3n) is 4.73. The molecule has 6 heteroatoms. The summed E-state index contributed by atoms with van der Waals surface area (Å²) in [5.41, 5.74) is 1.09. The first-order valence-electron chi connectivity index (χ1n) is 9.04. The molecule has 1 aromatic carbocycles. The molecule has 5 nitrogen and oxygen atoms in total. The van der Waals surface area contributed by atoms with Crippen LogP contribution in [0.2, 0.25) is 0 Å². The Kier molecular flexibility index (Phi) is 6.28. The van der Waals surface area contributed by atoms with E-state index in [1.54, 1.807) is 16.2 Å². The van der Waals surface area contributed by atoms with Crippen molar-refractivity contribution in [2.45, 2.75) is 32.4 Å². The van der Waals surface area contributed by atoms with Crippen molar-refractivity contribution in [3.63, 3.8) is 0 Å². The van der Waals surface area contributed by atoms with E-state index in [4.69, 9.17) is 0 Å². The Morgan fingerprint density at radius 3 is 2.77 bits per heavy atom. The number of amides is 3. The second kappa shape index (κ2) is 8.85. The van der Waals surface area contributed by atoms with Crippen molar-refractivity contribution in [2.75, 3.05) is 13.1 Å². The maximum absolute atomic E-state index is 12.6. The Bertz CT molecular complexity index is 718. The van der Waals surface area contributed by atoms with Gasteiger partial charge in [-0.1, -0.05) is 36.4 Å². The lowest BCUT2D eigenvalue weighted by Gasteiger charge is -2.32. The van der Waals surface area contributed by atoms with E-state index in [0.717, 1.165) is 23.3 Å². The number of rotatable bonds is 5. The van der Waals surface area contributed by atoms with E-state index in [1.807, 2.05) is 54.8 Å². The van der Waals surface area contributed by atoms with E-state index in [1.165, 1.54) is 0 Å². The fraction of sp³-hybridized carbons (Fsp3) is 0.400. The van der Waals surface area contributed by atoms with Crippen LogP contribution >= 0.6 is 11.3 Å². The van der Waals surface area contributed by atoms with Crippen molar-refractivity contribution >= 4 is 23.3 Å². The Morgan fingerprint density at radius 2 is 2.04 bits per heavy atom. The van der Waals surface area contributed by atoms with Crippen molar-refractivity contribution in [3.8, 4) is 0 Å². The van der Waals surface area contributed by atoms with Crippen molar-refractivity contribution in [1.29, 1.82) is 0 Å². The number of nitrogens with zero attached hydrogens (tertiary/aromatic N) is 1. The van der Waals surface area contributed by atoms with Gasteiger partial charge in [-0.05, 0) is 36.8 Å². The molecule has 1 aromatic heterocycles. The molecule has 138 valence electrons. The zero-order valence-electron chi connectivity index (χ0n) is 15.0. The van der Waals surface area contributed by atoms with Gasteiger partial charge in [0, 0.05) is 18.0 Å². The fourth-order valence-electron chi connectivity index (χ4n) is 3.22. The molecule has 0 spiro atoms. The third-order valence-corrected chi connectivity index (χ3v) is 5.61. The summed E-state index contributed by atoms with van der Waals surface area (Å²) >= 11 is 1.62. The minimum Gasteiger partial charge on any atom is -0.349 e. The van der Waals surface area contributed by atoms with Gasteiger partial charge in [-0.2, -0.15) is 0 Å². The first-order chi connectivity index (χ1) is 12.6. The second-order valence-electron chi connectivity index (χ2n) is 6.66. The highest BCUT2D eigenvalue weighted by Crippen LogP contribution is 2.19. The van der Waals surface area contributed by atoms with Gasteiger partial charge in [-0.25, -0.2) is 4.79 Å². The molecule has 3 rings (SSSR count). The number of carbonyl (C=O) groups excluding carboxylic acids is 2. The van der Waals surface area contributed by atoms with Crippen LogP contribution in [-0.2, 0) is 11.3 Å². The maximum Gasteiger partial charge on any atom is 0.317 e. The summed E-state index contributed by atoms with van der Waals surface area (Å²) in [4.78, 5) is 27.9. The molecule has 2 unspecified atom stereocenters. The fourth-order valence-corrected chi connectivity index (χ4v) is 3.86. The summed E-state index contributed by atoms with van der Waals surface area (Å²) in [6.07, 6.45) is 1.67. The minimum absolute atomic E-state index is 0.0251. The first-order valence-corrected chi connectivity index (χ1v) is 9.92. The van der Waals surface area contributed by atoms with E-state index in [-0.39, 0.29) is 23.9 Å². The number of piperidine rings is 1. The normalized spacial score (nSPS) is 18.2. The number of benzene rings is 1. The van der Waals surface area contributed by atoms with Crippen LogP contribution in [0.4, 0.5) is 4.79 Å². The predicted octanol–water partition coefficient (Wildman–Crippen LogP) is 3.55. The molecule has 0 bridgehead atoms. The molecule has 2 aromatic rings. The number of likely N-dealkylation sites (tertiary alicyclic amines) is 1. The van der Waals surface area contributed by atoms with Crippen molar-refractivity contribution in [2.24, 2.45) is 5.92 Å². The largest absolute Gasteiger partial charge is 0.349 e. The summed E-state index contributed by atoms with van der Waals surface area (Å²) in [7, 11) is 0. The SMILES string of the molecule is CC(NC(=O)C1CCCN(C(=O)NCc2cccs2)C1)c1ccccc1. The molecule has 2 heterocycles. The molecule has 1 saturated heterocycles. The van der Waals surface area contributed by atoms with E-state index in [0.29, 0.717) is 19.6 Å². The lowest BCUT2D eigenvalue weighted by atomic mass is 9.96. The van der Waals surface area contributed by atoms with Gasteiger partial charge in [0.1, 0.15) is 0 Å². The molecule has 2 atom stereocenters. The van der Waals surface area contributed by atoms with Gasteiger partial charge in [0.05, 0.1) is 18.5 Å². The maximum atomic E-state index is 12.6. The molecule has 0 radical (unpaired) electrons. The predicted molar refractivity (Wildman–Crippen MR) is 104 cm³/mol. The highest BCUT2D eigenvalue weighted by Gasteiger charge is 2.29. The van der Waals surface area contributed by atoms with Crippen LogP contribution in [0.25, 0.3) is 0 Å². The molecule has 1 aliphatic heterocycles. The van der Waals surface area contributed by atoms with Crippen LogP contribution in [0.1, 0.15) is 36.2 Å². The zero-order valence-corrected chi connectivity index (χ0v) is 15.8. The number of thiophene rings is 1. The van der Waals surface area contributed by atoms with Crippen molar-refractivity contribution in [3.05, 3.63) is 58.3 Å². The lowest BCUT2D eigenvalue weighted by molar-refractivity contribution is -0.126. The van der Waals surface area contributed by atoms with Gasteiger partial charge in [0.25, 0.3) is 0 Å². The van der Waals surface area contributed by atoms with Crippen LogP contribution in [0.5, 0.6) is 0 Å². The number of hydrogen-bond donors (Lipinski definition) is 2. The number of carbonyl (C=O) groups is 2. The Hall–Kier alpha value is -2.34. The molecule has 26 heavy (non-hydrogen) atoms. The Balaban J connectivity index is 1.50. The van der Waals surface area contributed by atoms with Gasteiger partial charge in [0.15, 0.2) is 0 Å². The quantitative estimate of drug-likeness (QED) is 0.844. The molecule has 0 aliphatic carbocycles. The summed E-state index contributed by atoms with van der Waals surface area (Å²) in [5.74, 6) is -0.125. The van der Waals surface area contributed by atoms with Crippen LogP contribution < -0.4 is 10.6 Å². The molecule has 2 N–H and O–H groups in total. The van der Waals surface area contributed by atoms with Gasteiger partial charge >= 0.3 is 6.03 Å². The molecule has 0 saturated carbocycles. The molecule has 3 amide bonds. The average molecular weight is 372 g/mol. The van der Waals surface area contributed by atoms with Gasteiger partial charge < -0.3 is 15.5 Å². The van der Waals surface area contributed by atoms with Crippen LogP contribution in [0.3, 0.4) is 0 Å². The summed E-state index contributed by atoms with van der Waals surface area (Å²) < 4.78 is 0. The lowest BCUT2D eigenvalue weighted by Crippen LogP contribution is -2.49.